The van der Waals surface area contributed by atoms with Gasteiger partial charge in [0.25, 0.3) is 0 Å². The minimum atomic E-state index is -1.49. The van der Waals surface area contributed by atoms with Gasteiger partial charge in [0.2, 0.25) is 5.52 Å². The highest BCUT2D eigenvalue weighted by atomic mass is 31.1. The van der Waals surface area contributed by atoms with Crippen LogP contribution >= 0.6 is 8.15 Å². The lowest BCUT2D eigenvalue weighted by atomic mass is 10.1. The molecule has 0 aliphatic heterocycles. The quantitative estimate of drug-likeness (QED) is 0.331. The molecule has 0 aromatic heterocycles. The summed E-state index contributed by atoms with van der Waals surface area (Å²) in [7, 11) is 4.43. The van der Waals surface area contributed by atoms with E-state index in [2.05, 4.69) is 0 Å². The summed E-state index contributed by atoms with van der Waals surface area (Å²) in [6.07, 6.45) is 7.52. The van der Waals surface area contributed by atoms with E-state index in [1.54, 1.807) is 0 Å². The van der Waals surface area contributed by atoms with Crippen LogP contribution in [0.25, 0.3) is 0 Å². The van der Waals surface area contributed by atoms with Crippen LogP contribution in [0.15, 0.2) is 0 Å². The van der Waals surface area contributed by atoms with Crippen molar-refractivity contribution >= 4 is 13.7 Å². The van der Waals surface area contributed by atoms with Crippen molar-refractivity contribution in [1.82, 2.24) is 0 Å². The lowest BCUT2D eigenvalue weighted by Gasteiger charge is -2.25. The number of hydrogen-bond donors (Lipinski definition) is 2. The molecule has 0 aromatic rings. The Morgan fingerprint density at radius 2 is 1.55 bits per heavy atom. The van der Waals surface area contributed by atoms with Gasteiger partial charge in [0.15, 0.2) is 0 Å². The van der Waals surface area contributed by atoms with Crippen LogP contribution in [0.2, 0.25) is 0 Å². The Hall–Kier alpha value is -0.0200. The van der Waals surface area contributed by atoms with Crippen molar-refractivity contribution in [1.29, 1.82) is 0 Å². The highest BCUT2D eigenvalue weighted by Crippen LogP contribution is 2.40. The average Bonchev–Trinajstić information content (AvgIpc) is 2.34. The summed E-state index contributed by atoms with van der Waals surface area (Å²) in [4.78, 5) is 22.0. The molecule has 0 saturated heterocycles. The molecule has 2 unspecified atom stereocenters. The van der Waals surface area contributed by atoms with Gasteiger partial charge in [-0.3, -0.25) is 4.79 Å². The lowest BCUT2D eigenvalue weighted by Crippen LogP contribution is -2.39. The van der Waals surface area contributed by atoms with Crippen LogP contribution < -0.4 is 0 Å². The normalized spacial score (nSPS) is 15.1. The maximum absolute atomic E-state index is 11.9. The Morgan fingerprint density at radius 1 is 1.05 bits per heavy atom. The monoisotopic (exact) mass is 306 g/mol. The number of nitrogens with zero attached hydrogens (tertiary/aromatic N) is 1. The Balaban J connectivity index is 3.74. The largest absolute Gasteiger partial charge is 0.396 e. The molecule has 0 aliphatic carbocycles. The maximum Gasteiger partial charge on any atom is 0.235 e. The van der Waals surface area contributed by atoms with Gasteiger partial charge in [-0.05, 0) is 12.8 Å². The molecule has 5 heteroatoms. The predicted octanol–water partition coefficient (Wildman–Crippen LogP) is 2.72. The molecule has 0 fully saturated rings. The molecule has 0 radical (unpaired) electrons. The van der Waals surface area contributed by atoms with E-state index in [0.29, 0.717) is 17.6 Å². The predicted molar refractivity (Wildman–Crippen MR) is 85.9 cm³/mol. The Morgan fingerprint density at radius 3 is 2.05 bits per heavy atom. The van der Waals surface area contributed by atoms with Crippen LogP contribution in [0.3, 0.4) is 0 Å². The van der Waals surface area contributed by atoms with E-state index in [9.17, 15) is 9.69 Å². The van der Waals surface area contributed by atoms with E-state index in [1.807, 2.05) is 28.1 Å². The Bertz CT molecular complexity index is 266. The number of rotatable bonds is 12. The van der Waals surface area contributed by atoms with E-state index in [-0.39, 0.29) is 11.2 Å². The zero-order valence-electron chi connectivity index (χ0n) is 13.6. The van der Waals surface area contributed by atoms with Crippen LogP contribution in [0, 0.1) is 0 Å². The standard InChI is InChI=1S/C15H33NO3P/c1-14(11-9-7-5-6-8-10-12-17)20(19)15(18)13-16(2,3)4/h14,17,19H,5-13H2,1-4H3/q+1. The van der Waals surface area contributed by atoms with E-state index >= 15 is 0 Å². The molecule has 0 rings (SSSR count). The van der Waals surface area contributed by atoms with Gasteiger partial charge in [-0.2, -0.15) is 0 Å². The first-order valence-corrected chi connectivity index (χ1v) is 9.06. The average molecular weight is 306 g/mol. The van der Waals surface area contributed by atoms with Crippen molar-refractivity contribution in [3.8, 4) is 0 Å². The van der Waals surface area contributed by atoms with Crippen molar-refractivity contribution in [3.05, 3.63) is 0 Å². The van der Waals surface area contributed by atoms with E-state index < -0.39 is 8.15 Å². The molecule has 2 atom stereocenters. The summed E-state index contributed by atoms with van der Waals surface area (Å²) >= 11 is 0. The smallest absolute Gasteiger partial charge is 0.235 e. The SMILES string of the molecule is CC(CCCCCCCCO)P(O)C(=O)C[N+](C)(C)C. The fraction of sp³-hybridized carbons (Fsp3) is 0.933. The summed E-state index contributed by atoms with van der Waals surface area (Å²) in [5, 5.41) is 8.68. The van der Waals surface area contributed by atoms with Gasteiger partial charge in [-0.1, -0.05) is 39.0 Å². The van der Waals surface area contributed by atoms with Crippen LogP contribution in [0.4, 0.5) is 0 Å². The van der Waals surface area contributed by atoms with Gasteiger partial charge in [-0.25, -0.2) is 0 Å². The summed E-state index contributed by atoms with van der Waals surface area (Å²) in [6, 6.07) is 0. The van der Waals surface area contributed by atoms with Gasteiger partial charge in [0.05, 0.1) is 21.1 Å². The number of quaternary nitrogens is 1. The second kappa shape index (κ2) is 10.7. The number of aliphatic hydroxyl groups is 1. The summed E-state index contributed by atoms with van der Waals surface area (Å²) < 4.78 is 0.579. The third-order valence-corrected chi connectivity index (χ3v) is 5.06. The summed E-state index contributed by atoms with van der Waals surface area (Å²) in [5.74, 6) is 0. The number of unbranched alkanes of at least 4 members (excludes halogenated alkanes) is 5. The van der Waals surface area contributed by atoms with Crippen LogP contribution in [-0.2, 0) is 4.79 Å². The van der Waals surface area contributed by atoms with Crippen molar-refractivity contribution < 1.29 is 19.3 Å². The first-order valence-electron chi connectivity index (χ1n) is 7.70. The molecule has 0 aromatic carbocycles. The van der Waals surface area contributed by atoms with Gasteiger partial charge >= 0.3 is 0 Å². The number of carbonyl (C=O) groups excluding carboxylic acids is 1. The molecule has 0 spiro atoms. The second-order valence-corrected chi connectivity index (χ2v) is 8.74. The first-order chi connectivity index (χ1) is 9.28. The van der Waals surface area contributed by atoms with Crippen molar-refractivity contribution in [3.63, 3.8) is 0 Å². The highest BCUT2D eigenvalue weighted by Gasteiger charge is 2.26. The van der Waals surface area contributed by atoms with E-state index in [4.69, 9.17) is 5.11 Å². The van der Waals surface area contributed by atoms with Crippen molar-refractivity contribution in [2.24, 2.45) is 0 Å². The lowest BCUT2D eigenvalue weighted by molar-refractivity contribution is -0.861. The molecule has 0 amide bonds. The molecular formula is C15H33NO3P+. The van der Waals surface area contributed by atoms with Crippen molar-refractivity contribution in [2.45, 2.75) is 57.5 Å². The Labute approximate surface area is 125 Å². The zero-order valence-corrected chi connectivity index (χ0v) is 14.5. The molecule has 120 valence electrons. The number of hydrogen-bond acceptors (Lipinski definition) is 3. The Kier molecular flexibility index (Phi) is 10.7. The summed E-state index contributed by atoms with van der Waals surface area (Å²) in [6.45, 7) is 2.69. The molecule has 20 heavy (non-hydrogen) atoms. The topological polar surface area (TPSA) is 57.5 Å². The first kappa shape index (κ1) is 20.0. The number of aliphatic hydroxyl groups excluding tert-OH is 1. The molecule has 0 aliphatic rings. The number of likely N-dealkylation sites (N-methyl/N-ethyl adjacent to an activating group) is 1. The highest BCUT2D eigenvalue weighted by molar-refractivity contribution is 7.70. The van der Waals surface area contributed by atoms with Gasteiger partial charge in [0, 0.05) is 12.3 Å². The third-order valence-electron chi connectivity index (χ3n) is 3.31. The minimum absolute atomic E-state index is 0.0166. The molecule has 2 N–H and O–H groups in total. The van der Waals surface area contributed by atoms with Crippen LogP contribution in [0.5, 0.6) is 0 Å². The van der Waals surface area contributed by atoms with E-state index in [1.165, 1.54) is 12.8 Å². The van der Waals surface area contributed by atoms with Gasteiger partial charge < -0.3 is 14.5 Å². The fourth-order valence-electron chi connectivity index (χ4n) is 2.10. The molecule has 4 nitrogen and oxygen atoms in total. The third kappa shape index (κ3) is 10.7. The molecular weight excluding hydrogens is 273 g/mol. The zero-order chi connectivity index (χ0) is 15.6. The molecule has 0 heterocycles. The number of carbonyl (C=O) groups is 1. The maximum atomic E-state index is 11.9. The second-order valence-electron chi connectivity index (χ2n) is 6.67. The van der Waals surface area contributed by atoms with E-state index in [0.717, 1.165) is 32.1 Å². The van der Waals surface area contributed by atoms with Crippen molar-refractivity contribution in [2.75, 3.05) is 34.3 Å². The molecule has 0 saturated carbocycles. The van der Waals surface area contributed by atoms with Gasteiger partial charge in [-0.15, -0.1) is 0 Å². The fourth-order valence-corrected chi connectivity index (χ4v) is 3.59. The van der Waals surface area contributed by atoms with Crippen LogP contribution in [0.1, 0.15) is 51.9 Å². The minimum Gasteiger partial charge on any atom is -0.396 e. The van der Waals surface area contributed by atoms with Gasteiger partial charge in [0.1, 0.15) is 14.7 Å². The molecule has 0 bridgehead atoms. The summed E-state index contributed by atoms with van der Waals surface area (Å²) in [5.41, 5.74) is 0.129. The van der Waals surface area contributed by atoms with Crippen LogP contribution in [-0.4, -0.2) is 60.0 Å².